The Kier molecular flexibility index (Phi) is 4.11. The van der Waals surface area contributed by atoms with E-state index in [9.17, 15) is 4.79 Å². The van der Waals surface area contributed by atoms with Crippen LogP contribution in [0.15, 0.2) is 35.3 Å². The van der Waals surface area contributed by atoms with Crippen molar-refractivity contribution in [1.29, 1.82) is 0 Å². The van der Waals surface area contributed by atoms with Crippen LogP contribution >= 0.6 is 11.8 Å². The van der Waals surface area contributed by atoms with Crippen LogP contribution in [-0.2, 0) is 10.2 Å². The van der Waals surface area contributed by atoms with Crippen molar-refractivity contribution < 1.29 is 4.79 Å². The molecular weight excluding hydrogens is 314 g/mol. The molecule has 1 aromatic carbocycles. The molecule has 24 heavy (non-hydrogen) atoms. The molecule has 0 radical (unpaired) electrons. The zero-order valence-corrected chi connectivity index (χ0v) is 15.6. The minimum atomic E-state index is 0.0620. The van der Waals surface area contributed by atoms with Gasteiger partial charge in [-0.1, -0.05) is 55.9 Å². The van der Waals surface area contributed by atoms with Gasteiger partial charge in [0.2, 0.25) is 0 Å². The van der Waals surface area contributed by atoms with Gasteiger partial charge >= 0.3 is 0 Å². The first-order valence-electron chi connectivity index (χ1n) is 9.36. The Morgan fingerprint density at radius 2 is 1.71 bits per heavy atom. The smallest absolute Gasteiger partial charge is 0.260 e. The summed E-state index contributed by atoms with van der Waals surface area (Å²) >= 11 is 1.75. The van der Waals surface area contributed by atoms with Crippen molar-refractivity contribution in [3.63, 3.8) is 0 Å². The summed E-state index contributed by atoms with van der Waals surface area (Å²) in [6.07, 6.45) is 8.83. The molecule has 3 saturated carbocycles. The van der Waals surface area contributed by atoms with E-state index in [2.05, 4.69) is 49.2 Å². The maximum absolute atomic E-state index is 12.1. The van der Waals surface area contributed by atoms with Crippen molar-refractivity contribution in [3.05, 3.63) is 35.9 Å². The molecule has 1 aromatic rings. The molecular formula is C21H27NOS. The standard InChI is InChI=1S/C21H27NOS/c1-15(2)18-19(23)22-17(24-18)14-20-8-11-21(12-9-20,13-10-20)16-6-4-3-5-7-16/h3-7,15,18H,8-14H2,1-2H3/t18-,20?,21?/m1/s1. The zero-order chi connectivity index (χ0) is 16.8. The molecule has 1 aliphatic heterocycles. The third kappa shape index (κ3) is 2.75. The second kappa shape index (κ2) is 6.01. The van der Waals surface area contributed by atoms with E-state index in [4.69, 9.17) is 0 Å². The van der Waals surface area contributed by atoms with E-state index in [0.29, 0.717) is 16.7 Å². The van der Waals surface area contributed by atoms with Crippen LogP contribution in [0, 0.1) is 11.3 Å². The largest absolute Gasteiger partial charge is 0.271 e. The Morgan fingerprint density at radius 1 is 1.08 bits per heavy atom. The van der Waals surface area contributed by atoms with Crippen LogP contribution in [0.3, 0.4) is 0 Å². The first-order chi connectivity index (χ1) is 11.5. The lowest BCUT2D eigenvalue weighted by molar-refractivity contribution is -0.117. The number of hydrogen-bond donors (Lipinski definition) is 0. The number of amides is 1. The maximum atomic E-state index is 12.1. The van der Waals surface area contributed by atoms with Crippen molar-refractivity contribution in [2.45, 2.75) is 69.5 Å². The Hall–Kier alpha value is -1.09. The highest BCUT2D eigenvalue weighted by molar-refractivity contribution is 8.15. The van der Waals surface area contributed by atoms with E-state index in [1.165, 1.54) is 38.5 Å². The van der Waals surface area contributed by atoms with E-state index < -0.39 is 0 Å². The van der Waals surface area contributed by atoms with Gasteiger partial charge in [-0.3, -0.25) is 4.79 Å². The molecule has 3 fully saturated rings. The molecule has 5 rings (SSSR count). The fraction of sp³-hybridized carbons (Fsp3) is 0.619. The Bertz CT molecular complexity index is 639. The second-order valence-corrected chi connectivity index (χ2v) is 9.66. The fourth-order valence-corrected chi connectivity index (χ4v) is 6.24. The molecule has 3 heteroatoms. The third-order valence-corrected chi connectivity index (χ3v) is 8.17. The number of aliphatic imine (C=N–C) groups is 1. The highest BCUT2D eigenvalue weighted by Gasteiger charge is 2.50. The molecule has 4 aliphatic rings. The van der Waals surface area contributed by atoms with Crippen LogP contribution in [0.5, 0.6) is 0 Å². The molecule has 0 N–H and O–H groups in total. The minimum Gasteiger partial charge on any atom is -0.271 e. The maximum Gasteiger partial charge on any atom is 0.260 e. The Labute approximate surface area is 149 Å². The predicted molar refractivity (Wildman–Crippen MR) is 102 cm³/mol. The molecule has 0 saturated heterocycles. The molecule has 1 heterocycles. The first kappa shape index (κ1) is 16.4. The number of nitrogens with zero attached hydrogens (tertiary/aromatic N) is 1. The quantitative estimate of drug-likeness (QED) is 0.737. The Balaban J connectivity index is 1.45. The van der Waals surface area contributed by atoms with Gasteiger partial charge in [-0.05, 0) is 60.8 Å². The summed E-state index contributed by atoms with van der Waals surface area (Å²) in [6, 6.07) is 11.1. The van der Waals surface area contributed by atoms with E-state index in [0.717, 1.165) is 11.5 Å². The first-order valence-corrected chi connectivity index (χ1v) is 10.2. The van der Waals surface area contributed by atoms with Gasteiger partial charge < -0.3 is 0 Å². The van der Waals surface area contributed by atoms with Crippen LogP contribution in [0.25, 0.3) is 0 Å². The highest BCUT2D eigenvalue weighted by Crippen LogP contribution is 2.59. The monoisotopic (exact) mass is 341 g/mol. The van der Waals surface area contributed by atoms with Crippen LogP contribution < -0.4 is 0 Å². The van der Waals surface area contributed by atoms with Crippen molar-refractivity contribution in [1.82, 2.24) is 0 Å². The van der Waals surface area contributed by atoms with Gasteiger partial charge in [0.1, 0.15) is 0 Å². The fourth-order valence-electron chi connectivity index (χ4n) is 4.99. The van der Waals surface area contributed by atoms with Crippen LogP contribution in [0.4, 0.5) is 0 Å². The lowest BCUT2D eigenvalue weighted by Gasteiger charge is -2.54. The van der Waals surface area contributed by atoms with E-state index in [1.807, 2.05) is 0 Å². The van der Waals surface area contributed by atoms with Crippen molar-refractivity contribution >= 4 is 22.7 Å². The van der Waals surface area contributed by atoms with Crippen LogP contribution in [0.2, 0.25) is 0 Å². The predicted octanol–water partition coefficient (Wildman–Crippen LogP) is 5.37. The molecule has 2 bridgehead atoms. The van der Waals surface area contributed by atoms with Crippen molar-refractivity contribution in [3.8, 4) is 0 Å². The number of carbonyl (C=O) groups is 1. The van der Waals surface area contributed by atoms with Crippen molar-refractivity contribution in [2.75, 3.05) is 0 Å². The summed E-state index contributed by atoms with van der Waals surface area (Å²) in [6.45, 7) is 4.25. The Morgan fingerprint density at radius 3 is 2.25 bits per heavy atom. The van der Waals surface area contributed by atoms with Crippen LogP contribution in [-0.4, -0.2) is 16.2 Å². The lowest BCUT2D eigenvalue weighted by atomic mass is 9.51. The summed E-state index contributed by atoms with van der Waals surface area (Å²) in [4.78, 5) is 16.5. The third-order valence-electron chi connectivity index (χ3n) is 6.66. The van der Waals surface area contributed by atoms with Gasteiger partial charge in [0, 0.05) is 6.42 Å². The molecule has 0 unspecified atom stereocenters. The summed E-state index contributed by atoms with van der Waals surface area (Å²) < 4.78 is 0. The number of fused-ring (bicyclic) bond motifs is 3. The molecule has 3 aliphatic carbocycles. The molecule has 2 nitrogen and oxygen atoms in total. The summed E-state index contributed by atoms with van der Waals surface area (Å²) in [5.74, 6) is 0.483. The number of carbonyl (C=O) groups excluding carboxylic acids is 1. The molecule has 0 spiro atoms. The van der Waals surface area contributed by atoms with Crippen LogP contribution in [0.1, 0.15) is 64.4 Å². The number of hydrogen-bond acceptors (Lipinski definition) is 2. The average molecular weight is 342 g/mol. The number of benzene rings is 1. The van der Waals surface area contributed by atoms with Crippen molar-refractivity contribution in [2.24, 2.45) is 16.3 Å². The number of rotatable bonds is 4. The molecule has 1 amide bonds. The van der Waals surface area contributed by atoms with Gasteiger partial charge in [-0.25, -0.2) is 4.99 Å². The summed E-state index contributed by atoms with van der Waals surface area (Å²) in [5, 5.41) is 1.18. The second-order valence-electron chi connectivity index (χ2n) is 8.45. The van der Waals surface area contributed by atoms with Gasteiger partial charge in [0.05, 0.1) is 10.3 Å². The minimum absolute atomic E-state index is 0.0620. The normalized spacial score (nSPS) is 35.5. The molecule has 0 aromatic heterocycles. The van der Waals surface area contributed by atoms with Gasteiger partial charge in [-0.2, -0.15) is 0 Å². The summed E-state index contributed by atoms with van der Waals surface area (Å²) in [7, 11) is 0. The lowest BCUT2D eigenvalue weighted by Crippen LogP contribution is -2.44. The summed E-state index contributed by atoms with van der Waals surface area (Å²) in [5.41, 5.74) is 2.37. The van der Waals surface area contributed by atoms with Gasteiger partial charge in [0.25, 0.3) is 5.91 Å². The van der Waals surface area contributed by atoms with E-state index >= 15 is 0 Å². The van der Waals surface area contributed by atoms with E-state index in [1.54, 1.807) is 17.3 Å². The van der Waals surface area contributed by atoms with Gasteiger partial charge in [0.15, 0.2) is 0 Å². The highest BCUT2D eigenvalue weighted by atomic mass is 32.2. The molecule has 128 valence electrons. The topological polar surface area (TPSA) is 29.4 Å². The zero-order valence-electron chi connectivity index (χ0n) is 14.8. The number of thioether (sulfide) groups is 1. The molecule has 1 atom stereocenters. The SMILES string of the molecule is CC(C)[C@H]1SC(CC23CCC(c4ccccc4)(CC2)CC3)=NC1=O. The average Bonchev–Trinajstić information content (AvgIpc) is 2.97. The van der Waals surface area contributed by atoms with Gasteiger partial charge in [-0.15, -0.1) is 0 Å². The van der Waals surface area contributed by atoms with E-state index in [-0.39, 0.29) is 11.2 Å².